The number of aliphatic hydroxyl groups is 1. The van der Waals surface area contributed by atoms with Crippen LogP contribution >= 0.6 is 0 Å². The van der Waals surface area contributed by atoms with Gasteiger partial charge in [0.15, 0.2) is 0 Å². The Hall–Kier alpha value is -2.08. The molecule has 1 amide bonds. The molecule has 3 rings (SSSR count). The fraction of sp³-hybridized carbons (Fsp3) is 0.600. The maximum atomic E-state index is 12.9. The fourth-order valence-electron chi connectivity index (χ4n) is 4.04. The van der Waals surface area contributed by atoms with Crippen molar-refractivity contribution in [3.8, 4) is 0 Å². The van der Waals surface area contributed by atoms with Gasteiger partial charge in [0, 0.05) is 26.7 Å². The Labute approximate surface area is 155 Å². The van der Waals surface area contributed by atoms with E-state index in [0.717, 1.165) is 30.9 Å². The number of anilines is 2. The lowest BCUT2D eigenvalue weighted by Gasteiger charge is -2.25. The van der Waals surface area contributed by atoms with Gasteiger partial charge in [0.05, 0.1) is 28.7 Å². The van der Waals surface area contributed by atoms with Crippen LogP contribution in [0.15, 0.2) is 17.1 Å². The molecule has 1 heterocycles. The quantitative estimate of drug-likeness (QED) is 0.683. The highest BCUT2D eigenvalue weighted by Crippen LogP contribution is 2.35. The first-order valence-corrected chi connectivity index (χ1v) is 9.66. The number of benzene rings is 1. The molecule has 1 saturated carbocycles. The molecule has 6 nitrogen and oxygen atoms in total. The summed E-state index contributed by atoms with van der Waals surface area (Å²) in [6.07, 6.45) is 6.61. The second-order valence-corrected chi connectivity index (χ2v) is 7.40. The van der Waals surface area contributed by atoms with Crippen LogP contribution in [0.25, 0.3) is 0 Å². The number of rotatable bonds is 6. The average molecular weight is 358 g/mol. The Balaban J connectivity index is 1.82. The molecule has 0 spiro atoms. The van der Waals surface area contributed by atoms with E-state index in [2.05, 4.69) is 27.2 Å². The highest BCUT2D eigenvalue weighted by molar-refractivity contribution is 6.02. The van der Waals surface area contributed by atoms with Gasteiger partial charge in [-0.25, -0.2) is 0 Å². The minimum Gasteiger partial charge on any atom is -0.391 e. The van der Waals surface area contributed by atoms with Crippen LogP contribution in [0, 0.1) is 5.92 Å². The average Bonchev–Trinajstić information content (AvgIpc) is 3.12. The molecule has 1 aromatic rings. The smallest absolute Gasteiger partial charge is 0.253 e. The molecule has 2 fully saturated rings. The Morgan fingerprint density at radius 2 is 2.08 bits per heavy atom. The molecule has 26 heavy (non-hydrogen) atoms. The highest BCUT2D eigenvalue weighted by atomic mass is 16.3. The number of carbonyl (C=O) groups excluding carboxylic acids is 1. The van der Waals surface area contributed by atoms with Crippen LogP contribution in [0.3, 0.4) is 0 Å². The minimum atomic E-state index is -0.344. The van der Waals surface area contributed by atoms with Crippen LogP contribution in [0.1, 0.15) is 48.9 Å². The molecular formula is C20H30N4O2. The SMILES string of the molecule is C=Nc1cc(C(=O)NCC2CCCCC2)c(N2CCC(O)C2)cc1NC. The summed E-state index contributed by atoms with van der Waals surface area (Å²) < 4.78 is 0. The standard InChI is InChI=1S/C20H30N4O2/c1-21-17-10-16(20(26)23-12-14-6-4-3-5-7-14)19(11-18(17)22-2)24-9-8-15(25)13-24/h10-11,14-15,22,25H,1,3-9,12-13H2,2H3,(H,23,26). The summed E-state index contributed by atoms with van der Waals surface area (Å²) >= 11 is 0. The first kappa shape index (κ1) is 18.7. The Kier molecular flexibility index (Phi) is 6.14. The molecule has 0 bridgehead atoms. The number of aliphatic imine (C=N–C) groups is 1. The molecule has 1 aliphatic carbocycles. The Morgan fingerprint density at radius 3 is 2.69 bits per heavy atom. The van der Waals surface area contributed by atoms with Crippen molar-refractivity contribution in [3.05, 3.63) is 17.7 Å². The van der Waals surface area contributed by atoms with E-state index in [0.29, 0.717) is 23.7 Å². The lowest BCUT2D eigenvalue weighted by atomic mass is 9.89. The van der Waals surface area contributed by atoms with Gasteiger partial charge >= 0.3 is 0 Å². The van der Waals surface area contributed by atoms with Gasteiger partial charge in [-0.2, -0.15) is 0 Å². The zero-order valence-electron chi connectivity index (χ0n) is 15.6. The third kappa shape index (κ3) is 4.18. The van der Waals surface area contributed by atoms with Gasteiger partial charge in [0.25, 0.3) is 5.91 Å². The third-order valence-corrected chi connectivity index (χ3v) is 5.58. The highest BCUT2D eigenvalue weighted by Gasteiger charge is 2.26. The van der Waals surface area contributed by atoms with E-state index in [1.54, 1.807) is 6.07 Å². The van der Waals surface area contributed by atoms with Gasteiger partial charge in [-0.15, -0.1) is 0 Å². The van der Waals surface area contributed by atoms with E-state index >= 15 is 0 Å². The van der Waals surface area contributed by atoms with Gasteiger partial charge in [-0.3, -0.25) is 9.79 Å². The van der Waals surface area contributed by atoms with Gasteiger partial charge in [-0.1, -0.05) is 19.3 Å². The van der Waals surface area contributed by atoms with Crippen LogP contribution in [-0.4, -0.2) is 50.5 Å². The molecule has 1 unspecified atom stereocenters. The van der Waals surface area contributed by atoms with Gasteiger partial charge in [0.2, 0.25) is 0 Å². The van der Waals surface area contributed by atoms with Crippen molar-refractivity contribution in [2.45, 2.75) is 44.6 Å². The lowest BCUT2D eigenvalue weighted by Crippen LogP contribution is -2.32. The molecule has 0 radical (unpaired) electrons. The van der Waals surface area contributed by atoms with Gasteiger partial charge in [-0.05, 0) is 44.0 Å². The molecule has 3 N–H and O–H groups in total. The molecule has 1 saturated heterocycles. The summed E-state index contributed by atoms with van der Waals surface area (Å²) in [6.45, 7) is 5.64. The third-order valence-electron chi connectivity index (χ3n) is 5.58. The van der Waals surface area contributed by atoms with Crippen LogP contribution in [0.2, 0.25) is 0 Å². The van der Waals surface area contributed by atoms with Gasteiger partial charge in [0.1, 0.15) is 0 Å². The first-order chi connectivity index (χ1) is 12.6. The summed E-state index contributed by atoms with van der Waals surface area (Å²) in [5.74, 6) is 0.512. The Morgan fingerprint density at radius 1 is 1.31 bits per heavy atom. The van der Waals surface area contributed by atoms with Crippen molar-refractivity contribution in [1.29, 1.82) is 0 Å². The number of β-amino-alcohol motifs (C(OH)–C–C–N with tert-alkyl or cyclic N) is 1. The van der Waals surface area contributed by atoms with Gasteiger partial charge < -0.3 is 20.6 Å². The second kappa shape index (κ2) is 8.54. The van der Waals surface area contributed by atoms with E-state index in [4.69, 9.17) is 0 Å². The first-order valence-electron chi connectivity index (χ1n) is 9.66. The van der Waals surface area contributed by atoms with E-state index in [1.807, 2.05) is 13.1 Å². The van der Waals surface area contributed by atoms with Crippen molar-refractivity contribution in [2.24, 2.45) is 10.9 Å². The zero-order valence-corrected chi connectivity index (χ0v) is 15.6. The van der Waals surface area contributed by atoms with E-state index in [9.17, 15) is 9.90 Å². The summed E-state index contributed by atoms with van der Waals surface area (Å²) in [4.78, 5) is 19.1. The van der Waals surface area contributed by atoms with E-state index in [1.165, 1.54) is 32.1 Å². The predicted molar refractivity (Wildman–Crippen MR) is 107 cm³/mol. The maximum absolute atomic E-state index is 12.9. The van der Waals surface area contributed by atoms with Crippen molar-refractivity contribution in [2.75, 3.05) is 36.9 Å². The number of hydrogen-bond acceptors (Lipinski definition) is 5. The Bertz CT molecular complexity index is 655. The molecular weight excluding hydrogens is 328 g/mol. The van der Waals surface area contributed by atoms with E-state index < -0.39 is 0 Å². The normalized spacial score (nSPS) is 20.8. The number of nitrogens with zero attached hydrogens (tertiary/aromatic N) is 2. The van der Waals surface area contributed by atoms with Crippen molar-refractivity contribution < 1.29 is 9.90 Å². The number of aliphatic hydroxyl groups excluding tert-OH is 1. The van der Waals surface area contributed by atoms with Crippen LogP contribution in [0.4, 0.5) is 17.1 Å². The second-order valence-electron chi connectivity index (χ2n) is 7.40. The largest absolute Gasteiger partial charge is 0.391 e. The lowest BCUT2D eigenvalue weighted by molar-refractivity contribution is 0.0944. The number of amides is 1. The summed E-state index contributed by atoms with van der Waals surface area (Å²) in [7, 11) is 1.83. The molecule has 1 aliphatic heterocycles. The van der Waals surface area contributed by atoms with Crippen LogP contribution in [-0.2, 0) is 0 Å². The monoisotopic (exact) mass is 358 g/mol. The predicted octanol–water partition coefficient (Wildman–Crippen LogP) is 2.94. The number of hydrogen-bond donors (Lipinski definition) is 3. The summed E-state index contributed by atoms with van der Waals surface area (Å²) in [5.41, 5.74) is 2.95. The maximum Gasteiger partial charge on any atom is 0.253 e. The van der Waals surface area contributed by atoms with Crippen molar-refractivity contribution in [1.82, 2.24) is 5.32 Å². The minimum absolute atomic E-state index is 0.0699. The topological polar surface area (TPSA) is 77.0 Å². The van der Waals surface area contributed by atoms with Crippen LogP contribution in [0.5, 0.6) is 0 Å². The molecule has 6 heteroatoms. The molecule has 0 aromatic heterocycles. The van der Waals surface area contributed by atoms with Crippen molar-refractivity contribution >= 4 is 29.7 Å². The number of carbonyl (C=O) groups is 1. The van der Waals surface area contributed by atoms with Crippen LogP contribution < -0.4 is 15.5 Å². The van der Waals surface area contributed by atoms with E-state index in [-0.39, 0.29) is 12.0 Å². The summed E-state index contributed by atoms with van der Waals surface area (Å²) in [6, 6.07) is 3.74. The fourth-order valence-corrected chi connectivity index (χ4v) is 4.04. The zero-order chi connectivity index (χ0) is 18.5. The van der Waals surface area contributed by atoms with Crippen molar-refractivity contribution in [3.63, 3.8) is 0 Å². The molecule has 1 aromatic carbocycles. The molecule has 1 atom stereocenters. The number of nitrogens with one attached hydrogen (secondary N) is 2. The molecule has 142 valence electrons. The molecule has 2 aliphatic rings. The summed E-state index contributed by atoms with van der Waals surface area (Å²) in [5, 5.41) is 16.1.